The number of carbonyl (C=O) groups excluding carboxylic acids is 2. The fraction of sp³-hybridized carbons (Fsp3) is 0.652. The van der Waals surface area contributed by atoms with Crippen LogP contribution in [-0.2, 0) is 26.2 Å². The number of likely N-dealkylation sites (tertiary alicyclic amines) is 1. The fourth-order valence-electron chi connectivity index (χ4n) is 7.08. The molecule has 5 atom stereocenters. The van der Waals surface area contributed by atoms with Gasteiger partial charge < -0.3 is 24.4 Å². The Labute approximate surface area is 187 Å². The third kappa shape index (κ3) is 2.68. The van der Waals surface area contributed by atoms with Gasteiger partial charge in [-0.15, -0.1) is 0 Å². The quantitative estimate of drug-likeness (QED) is 0.529. The van der Waals surface area contributed by atoms with Gasteiger partial charge >= 0.3 is 6.18 Å². The normalized spacial score (nSPS) is 38.6. The summed E-state index contributed by atoms with van der Waals surface area (Å²) >= 11 is 0. The summed E-state index contributed by atoms with van der Waals surface area (Å²) < 4.78 is 50.6. The smallest absolute Gasteiger partial charge is 0.452 e. The lowest BCUT2D eigenvalue weighted by Crippen LogP contribution is -2.81. The summed E-state index contributed by atoms with van der Waals surface area (Å²) in [5.74, 6) is -1.99. The minimum absolute atomic E-state index is 0.0311. The van der Waals surface area contributed by atoms with Gasteiger partial charge in [-0.1, -0.05) is 6.07 Å². The average molecular weight is 467 g/mol. The molecule has 5 aliphatic rings. The molecule has 2 aliphatic heterocycles. The first kappa shape index (κ1) is 21.4. The number of phenols is 1. The molecule has 3 fully saturated rings. The Bertz CT molecular complexity index is 1070. The van der Waals surface area contributed by atoms with E-state index in [4.69, 9.17) is 9.47 Å². The number of carbonyl (C=O) groups is 2. The number of quaternary nitrogens is 1. The van der Waals surface area contributed by atoms with Crippen LogP contribution >= 0.6 is 0 Å². The van der Waals surface area contributed by atoms with Crippen molar-refractivity contribution >= 4 is 11.6 Å². The highest BCUT2D eigenvalue weighted by atomic mass is 19.4. The summed E-state index contributed by atoms with van der Waals surface area (Å²) in [4.78, 5) is 24.9. The molecule has 0 radical (unpaired) electrons. The first-order chi connectivity index (χ1) is 15.5. The van der Waals surface area contributed by atoms with Crippen LogP contribution in [0.5, 0.6) is 11.5 Å². The van der Waals surface area contributed by atoms with Gasteiger partial charge in [-0.2, -0.15) is 13.2 Å². The van der Waals surface area contributed by atoms with Gasteiger partial charge in [-0.05, 0) is 30.9 Å². The van der Waals surface area contributed by atoms with Crippen molar-refractivity contribution in [1.29, 1.82) is 0 Å². The van der Waals surface area contributed by atoms with Crippen molar-refractivity contribution in [3.63, 3.8) is 0 Å². The van der Waals surface area contributed by atoms with Crippen molar-refractivity contribution < 1.29 is 42.0 Å². The van der Waals surface area contributed by atoms with Crippen molar-refractivity contribution in [3.05, 3.63) is 28.5 Å². The van der Waals surface area contributed by atoms with Gasteiger partial charge in [0.2, 0.25) is 0 Å². The number of rotatable bonds is 5. The highest BCUT2D eigenvalue weighted by molar-refractivity contribution is 5.90. The van der Waals surface area contributed by atoms with E-state index >= 15 is 0 Å². The molecule has 1 spiro atoms. The third-order valence-corrected chi connectivity index (χ3v) is 8.59. The molecule has 2 heterocycles. The molecule has 2 saturated carbocycles. The maximum absolute atomic E-state index is 14.3. The van der Waals surface area contributed by atoms with Crippen molar-refractivity contribution in [2.45, 2.75) is 67.9 Å². The van der Waals surface area contributed by atoms with Gasteiger partial charge in [-0.3, -0.25) is 9.59 Å². The highest BCUT2D eigenvalue weighted by Crippen LogP contribution is 2.67. The molecule has 6 rings (SSSR count). The molecule has 1 aromatic rings. The van der Waals surface area contributed by atoms with Crippen molar-refractivity contribution in [1.82, 2.24) is 0 Å². The van der Waals surface area contributed by atoms with Gasteiger partial charge in [0.05, 0.1) is 18.5 Å². The maximum Gasteiger partial charge on any atom is 0.452 e. The van der Waals surface area contributed by atoms with E-state index in [2.05, 4.69) is 0 Å². The lowest BCUT2D eigenvalue weighted by molar-refractivity contribution is -0.924. The Morgan fingerprint density at radius 2 is 2.06 bits per heavy atom. The molecule has 178 valence electrons. The molecule has 0 aromatic heterocycles. The number of Topliss-reactive ketones (excluding diaryl/α,β-unsaturated/α-hetero) is 2. The molecular weight excluding hydrogens is 443 g/mol. The number of piperidine rings is 1. The van der Waals surface area contributed by atoms with Gasteiger partial charge in [0.1, 0.15) is 18.2 Å². The van der Waals surface area contributed by atoms with Crippen LogP contribution in [0.15, 0.2) is 12.1 Å². The van der Waals surface area contributed by atoms with Crippen LogP contribution in [0, 0.1) is 11.1 Å². The number of nitrogens with zero attached hydrogens (tertiary/aromatic N) is 1. The molecule has 33 heavy (non-hydrogen) atoms. The maximum atomic E-state index is 14.3. The molecule has 1 N–H and O–H groups in total. The Hall–Kier alpha value is -2.17. The summed E-state index contributed by atoms with van der Waals surface area (Å²) in [5, 5.41) is 24.8. The second-order valence-electron chi connectivity index (χ2n) is 10.3. The van der Waals surface area contributed by atoms with Crippen LogP contribution in [-0.4, -0.2) is 64.9 Å². The first-order valence-electron chi connectivity index (χ1n) is 11.4. The molecule has 7 nitrogen and oxygen atoms in total. The largest absolute Gasteiger partial charge is 0.632 e. The standard InChI is InChI=1S/C23H24F3NO6/c24-23(25,26)17(30)11-32-22-6-5-15(29)20-21(22)7-8-27(31,10-12-1-2-12)16(22)9-13-3-4-14(28)19(33-20)18(13)21/h3-4,12,16,20,28H,1-2,5-11H2/t16-,20+,21+,22-,27?/m1/s1. The summed E-state index contributed by atoms with van der Waals surface area (Å²) in [7, 11) is 0. The van der Waals surface area contributed by atoms with Crippen molar-refractivity contribution in [2.75, 3.05) is 19.7 Å². The van der Waals surface area contributed by atoms with E-state index in [-0.39, 0.29) is 55.4 Å². The van der Waals surface area contributed by atoms with Crippen LogP contribution in [0.4, 0.5) is 13.2 Å². The zero-order chi connectivity index (χ0) is 23.4. The second kappa shape index (κ2) is 6.49. The van der Waals surface area contributed by atoms with E-state index in [1.807, 2.05) is 0 Å². The summed E-state index contributed by atoms with van der Waals surface area (Å²) in [6.45, 7) is -0.685. The SMILES string of the molecule is O=C1CC[C@@]2(OCC(=O)C(F)(F)F)[C@H]3Cc4ccc(O)c5c4[C@@]2(CC[N+]3([O-])CC2CC2)[C@H]1O5. The zero-order valence-corrected chi connectivity index (χ0v) is 17.8. The van der Waals surface area contributed by atoms with E-state index in [9.17, 15) is 33.1 Å². The van der Waals surface area contributed by atoms with Crippen LogP contribution in [0.3, 0.4) is 0 Å². The number of hydrogen-bond donors (Lipinski definition) is 1. The van der Waals surface area contributed by atoms with Gasteiger partial charge in [-0.25, -0.2) is 0 Å². The number of hydrogen-bond acceptors (Lipinski definition) is 6. The number of ketones is 2. The molecule has 1 saturated heterocycles. The third-order valence-electron chi connectivity index (χ3n) is 8.59. The number of halogens is 3. The number of benzene rings is 1. The van der Waals surface area contributed by atoms with Crippen LogP contribution < -0.4 is 4.74 Å². The van der Waals surface area contributed by atoms with Gasteiger partial charge in [0.25, 0.3) is 5.78 Å². The minimum atomic E-state index is -5.06. The Morgan fingerprint density at radius 3 is 2.76 bits per heavy atom. The number of alkyl halides is 3. The summed E-state index contributed by atoms with van der Waals surface area (Å²) in [5.41, 5.74) is -1.35. The average Bonchev–Trinajstić information content (AvgIpc) is 3.48. The molecule has 3 aliphatic carbocycles. The van der Waals surface area contributed by atoms with Crippen LogP contribution in [0.25, 0.3) is 0 Å². The lowest BCUT2D eigenvalue weighted by Gasteiger charge is -2.68. The van der Waals surface area contributed by atoms with E-state index < -0.39 is 46.4 Å². The van der Waals surface area contributed by atoms with Gasteiger partial charge in [0.15, 0.2) is 23.4 Å². The topological polar surface area (TPSA) is 95.9 Å². The van der Waals surface area contributed by atoms with Crippen molar-refractivity contribution in [3.8, 4) is 11.5 Å². The lowest BCUT2D eigenvalue weighted by atomic mass is 9.48. The first-order valence-corrected chi connectivity index (χ1v) is 11.4. The van der Waals surface area contributed by atoms with Crippen molar-refractivity contribution in [2.24, 2.45) is 5.92 Å². The predicted molar refractivity (Wildman–Crippen MR) is 106 cm³/mol. The summed E-state index contributed by atoms with van der Waals surface area (Å²) in [6.07, 6.45) is -3.82. The number of phenolic OH excluding ortho intramolecular Hbond substituents is 1. The number of ether oxygens (including phenoxy) is 2. The van der Waals surface area contributed by atoms with E-state index in [1.165, 1.54) is 6.07 Å². The Morgan fingerprint density at radius 1 is 1.30 bits per heavy atom. The Balaban J connectivity index is 1.54. The monoisotopic (exact) mass is 467 g/mol. The number of aromatic hydroxyl groups is 1. The van der Waals surface area contributed by atoms with Gasteiger partial charge in [0, 0.05) is 30.7 Å². The molecule has 2 bridgehead atoms. The van der Waals surface area contributed by atoms with Crippen LogP contribution in [0.2, 0.25) is 0 Å². The molecule has 10 heteroatoms. The van der Waals surface area contributed by atoms with E-state index in [1.54, 1.807) is 6.07 Å². The zero-order valence-electron chi connectivity index (χ0n) is 17.8. The minimum Gasteiger partial charge on any atom is -0.632 e. The Kier molecular flexibility index (Phi) is 4.20. The van der Waals surface area contributed by atoms with E-state index in [0.29, 0.717) is 12.1 Å². The number of hydroxylamine groups is 3. The predicted octanol–water partition coefficient (Wildman–Crippen LogP) is 2.69. The highest BCUT2D eigenvalue weighted by Gasteiger charge is 2.77. The molecule has 1 unspecified atom stereocenters. The fourth-order valence-corrected chi connectivity index (χ4v) is 7.08. The van der Waals surface area contributed by atoms with Crippen LogP contribution in [0.1, 0.15) is 43.2 Å². The molecule has 0 amide bonds. The summed E-state index contributed by atoms with van der Waals surface area (Å²) in [6, 6.07) is 2.39. The molecular formula is C23H24F3NO6. The second-order valence-corrected chi connectivity index (χ2v) is 10.3. The van der Waals surface area contributed by atoms with E-state index in [0.717, 1.165) is 18.4 Å². The molecule has 1 aromatic carbocycles.